The number of methoxy groups -OCH3 is 1. The van der Waals surface area contributed by atoms with Crippen molar-refractivity contribution in [3.63, 3.8) is 0 Å². The second kappa shape index (κ2) is 8.53. The van der Waals surface area contributed by atoms with Crippen molar-refractivity contribution in [2.45, 2.75) is 38.6 Å². The average molecular weight is 333 g/mol. The fourth-order valence-electron chi connectivity index (χ4n) is 2.60. The van der Waals surface area contributed by atoms with Gasteiger partial charge in [0, 0.05) is 17.7 Å². The highest BCUT2D eigenvalue weighted by atomic mass is 32.1. The highest BCUT2D eigenvalue weighted by molar-refractivity contribution is 7.80. The maximum Gasteiger partial charge on any atom is 0.262 e. The summed E-state index contributed by atoms with van der Waals surface area (Å²) in [6.07, 6.45) is 7.88. The molecule has 1 aliphatic rings. The third-order valence-corrected chi connectivity index (χ3v) is 4.01. The molecule has 6 heteroatoms. The fraction of sp³-hybridized carbons (Fsp3) is 0.412. The number of hydrazine groups is 1. The van der Waals surface area contributed by atoms with Gasteiger partial charge in [-0.1, -0.05) is 24.5 Å². The monoisotopic (exact) mass is 333 g/mol. The lowest BCUT2D eigenvalue weighted by Gasteiger charge is -2.15. The summed E-state index contributed by atoms with van der Waals surface area (Å²) in [5, 5.41) is 3.65. The van der Waals surface area contributed by atoms with E-state index in [4.69, 9.17) is 17.0 Å². The van der Waals surface area contributed by atoms with Crippen molar-refractivity contribution in [2.24, 2.45) is 0 Å². The fourth-order valence-corrected chi connectivity index (χ4v) is 2.82. The van der Waals surface area contributed by atoms with Gasteiger partial charge >= 0.3 is 0 Å². The quantitative estimate of drug-likeness (QED) is 0.449. The Balaban J connectivity index is 1.82. The van der Waals surface area contributed by atoms with Crippen LogP contribution < -0.4 is 20.9 Å². The number of ether oxygens (including phenoxy) is 1. The van der Waals surface area contributed by atoms with Gasteiger partial charge in [0.05, 0.1) is 7.11 Å². The molecule has 0 atom stereocenters. The zero-order valence-electron chi connectivity index (χ0n) is 13.5. The van der Waals surface area contributed by atoms with Crippen LogP contribution in [-0.4, -0.2) is 24.2 Å². The van der Waals surface area contributed by atoms with Crippen molar-refractivity contribution in [2.75, 3.05) is 7.11 Å². The van der Waals surface area contributed by atoms with Gasteiger partial charge in [-0.15, -0.1) is 0 Å². The Bertz CT molecular complexity index is 596. The van der Waals surface area contributed by atoms with Crippen LogP contribution in [-0.2, 0) is 4.79 Å². The van der Waals surface area contributed by atoms with Crippen LogP contribution in [0.25, 0.3) is 6.08 Å². The first kappa shape index (κ1) is 17.3. The van der Waals surface area contributed by atoms with Crippen molar-refractivity contribution < 1.29 is 9.53 Å². The van der Waals surface area contributed by atoms with Crippen molar-refractivity contribution in [1.29, 1.82) is 0 Å². The molecule has 1 saturated carbocycles. The lowest BCUT2D eigenvalue weighted by molar-refractivity contribution is -0.116. The molecule has 2 rings (SSSR count). The number of amides is 1. The summed E-state index contributed by atoms with van der Waals surface area (Å²) in [5.41, 5.74) is 7.24. The van der Waals surface area contributed by atoms with Crippen LogP contribution >= 0.6 is 12.2 Å². The first-order valence-electron chi connectivity index (χ1n) is 7.77. The number of aryl methyl sites for hydroxylation is 1. The van der Waals surface area contributed by atoms with Gasteiger partial charge in [-0.25, -0.2) is 0 Å². The summed E-state index contributed by atoms with van der Waals surface area (Å²) in [7, 11) is 1.61. The van der Waals surface area contributed by atoms with Crippen LogP contribution in [0.5, 0.6) is 5.75 Å². The Hall–Kier alpha value is -2.08. The minimum absolute atomic E-state index is 0.274. The lowest BCUT2D eigenvalue weighted by atomic mass is 10.1. The lowest BCUT2D eigenvalue weighted by Crippen LogP contribution is -2.48. The molecular formula is C17H23N3O2S. The third-order valence-electron chi connectivity index (χ3n) is 3.79. The maximum atomic E-state index is 11.9. The largest absolute Gasteiger partial charge is 0.496 e. The van der Waals surface area contributed by atoms with Crippen molar-refractivity contribution >= 4 is 29.3 Å². The maximum absolute atomic E-state index is 11.9. The van der Waals surface area contributed by atoms with Crippen LogP contribution in [0.2, 0.25) is 0 Å². The van der Waals surface area contributed by atoms with Crippen LogP contribution in [0, 0.1) is 6.92 Å². The molecule has 1 fully saturated rings. The number of rotatable bonds is 4. The van der Waals surface area contributed by atoms with E-state index in [1.807, 2.05) is 25.1 Å². The summed E-state index contributed by atoms with van der Waals surface area (Å²) in [5.74, 6) is 0.454. The Labute approximate surface area is 142 Å². The van der Waals surface area contributed by atoms with Crippen molar-refractivity contribution in [3.05, 3.63) is 35.4 Å². The van der Waals surface area contributed by atoms with E-state index in [9.17, 15) is 4.79 Å². The molecule has 0 spiro atoms. The highest BCUT2D eigenvalue weighted by Crippen LogP contribution is 2.20. The van der Waals surface area contributed by atoms with Gasteiger partial charge in [0.25, 0.3) is 5.91 Å². The molecule has 0 radical (unpaired) electrons. The van der Waals surface area contributed by atoms with Crippen molar-refractivity contribution in [1.82, 2.24) is 16.2 Å². The number of thiocarbonyl (C=S) groups is 1. The molecule has 1 amide bonds. The molecular weight excluding hydrogens is 310 g/mol. The van der Waals surface area contributed by atoms with Gasteiger partial charge in [0.1, 0.15) is 5.75 Å². The molecule has 5 nitrogen and oxygen atoms in total. The molecule has 1 aromatic rings. The smallest absolute Gasteiger partial charge is 0.262 e. The van der Waals surface area contributed by atoms with Gasteiger partial charge < -0.3 is 10.1 Å². The van der Waals surface area contributed by atoms with Gasteiger partial charge in [-0.3, -0.25) is 15.6 Å². The molecule has 3 N–H and O–H groups in total. The van der Waals surface area contributed by atoms with Crippen LogP contribution in [0.4, 0.5) is 0 Å². The zero-order chi connectivity index (χ0) is 16.7. The first-order chi connectivity index (χ1) is 11.1. The highest BCUT2D eigenvalue weighted by Gasteiger charge is 2.15. The second-order valence-corrected chi connectivity index (χ2v) is 6.06. The van der Waals surface area contributed by atoms with Gasteiger partial charge in [0.15, 0.2) is 5.11 Å². The van der Waals surface area contributed by atoms with Crippen molar-refractivity contribution in [3.8, 4) is 5.75 Å². The van der Waals surface area contributed by atoms with Gasteiger partial charge in [0.2, 0.25) is 0 Å². The summed E-state index contributed by atoms with van der Waals surface area (Å²) < 4.78 is 5.28. The zero-order valence-corrected chi connectivity index (χ0v) is 14.3. The van der Waals surface area contributed by atoms with E-state index >= 15 is 0 Å². The Morgan fingerprint density at radius 1 is 1.30 bits per heavy atom. The Morgan fingerprint density at radius 3 is 2.74 bits per heavy atom. The Morgan fingerprint density at radius 2 is 2.04 bits per heavy atom. The number of nitrogens with one attached hydrogen (secondary N) is 3. The van der Waals surface area contributed by atoms with Crippen LogP contribution in [0.3, 0.4) is 0 Å². The molecule has 0 bridgehead atoms. The topological polar surface area (TPSA) is 62.4 Å². The molecule has 0 saturated heterocycles. The number of hydrogen-bond acceptors (Lipinski definition) is 3. The molecule has 0 aliphatic heterocycles. The third kappa shape index (κ3) is 5.56. The normalized spacial score (nSPS) is 14.7. The molecule has 0 heterocycles. The molecule has 0 aromatic heterocycles. The van der Waals surface area contributed by atoms with Crippen LogP contribution in [0.15, 0.2) is 24.3 Å². The minimum atomic E-state index is -0.274. The number of hydrogen-bond donors (Lipinski definition) is 3. The predicted molar refractivity (Wildman–Crippen MR) is 96.0 cm³/mol. The first-order valence-corrected chi connectivity index (χ1v) is 8.18. The Kier molecular flexibility index (Phi) is 6.40. The van der Waals surface area contributed by atoms with E-state index in [1.54, 1.807) is 13.2 Å². The molecule has 23 heavy (non-hydrogen) atoms. The molecule has 124 valence electrons. The van der Waals surface area contributed by atoms with E-state index in [0.717, 1.165) is 29.7 Å². The molecule has 1 aliphatic carbocycles. The van der Waals surface area contributed by atoms with E-state index in [-0.39, 0.29) is 5.91 Å². The number of carbonyl (C=O) groups excluding carboxylic acids is 1. The predicted octanol–water partition coefficient (Wildman–Crippen LogP) is 2.45. The van der Waals surface area contributed by atoms with Gasteiger partial charge in [-0.2, -0.15) is 0 Å². The average Bonchev–Trinajstić information content (AvgIpc) is 3.04. The van der Waals surface area contributed by atoms with E-state index < -0.39 is 0 Å². The van der Waals surface area contributed by atoms with Gasteiger partial charge in [-0.05, 0) is 50.2 Å². The second-order valence-electron chi connectivity index (χ2n) is 5.65. The number of benzene rings is 1. The summed E-state index contributed by atoms with van der Waals surface area (Å²) in [4.78, 5) is 11.9. The SMILES string of the molecule is COc1ccc(C)cc1/C=C/C(=O)NNC(=S)NC1CCCC1. The minimum Gasteiger partial charge on any atom is -0.496 e. The van der Waals surface area contributed by atoms with E-state index in [1.165, 1.54) is 18.9 Å². The number of carbonyl (C=O) groups is 1. The summed E-state index contributed by atoms with van der Waals surface area (Å²) >= 11 is 5.16. The molecule has 0 unspecified atom stereocenters. The van der Waals surface area contributed by atoms with Crippen LogP contribution in [0.1, 0.15) is 36.8 Å². The molecule has 1 aromatic carbocycles. The standard InChI is InChI=1S/C17H23N3O2S/c1-12-7-9-15(22-2)13(11-12)8-10-16(21)19-20-17(23)18-14-5-3-4-6-14/h7-11,14H,3-6H2,1-2H3,(H,19,21)(H2,18,20,23)/b10-8+. The van der Waals surface area contributed by atoms with E-state index in [0.29, 0.717) is 11.2 Å². The van der Waals surface area contributed by atoms with E-state index in [2.05, 4.69) is 16.2 Å². The summed E-state index contributed by atoms with van der Waals surface area (Å²) in [6.45, 7) is 1.99. The summed E-state index contributed by atoms with van der Waals surface area (Å²) in [6, 6.07) is 6.22.